The van der Waals surface area contributed by atoms with Crippen LogP contribution in [0.1, 0.15) is 11.1 Å². The molecule has 0 bridgehead atoms. The second kappa shape index (κ2) is 7.72. The van der Waals surface area contributed by atoms with Crippen molar-refractivity contribution in [3.63, 3.8) is 0 Å². The maximum absolute atomic E-state index is 12.2. The standard InChI is InChI=1S/C18H17ClN4OS/c1-12-6-7-16(13(2)8-12)21-17(24)10-25-18-22-20-11-23(18)15-5-3-4-14(19)9-15/h3-9,11H,10H2,1-2H3,(H,21,24). The lowest BCUT2D eigenvalue weighted by Gasteiger charge is -2.09. The van der Waals surface area contributed by atoms with Crippen molar-refractivity contribution in [2.24, 2.45) is 0 Å². The molecule has 25 heavy (non-hydrogen) atoms. The average Bonchev–Trinajstić information content (AvgIpc) is 3.04. The summed E-state index contributed by atoms with van der Waals surface area (Å²) in [6.07, 6.45) is 1.61. The number of nitrogens with one attached hydrogen (secondary N) is 1. The molecule has 0 aliphatic carbocycles. The van der Waals surface area contributed by atoms with Gasteiger partial charge in [0.15, 0.2) is 5.16 Å². The summed E-state index contributed by atoms with van der Waals surface area (Å²) in [6, 6.07) is 13.3. The number of nitrogens with zero attached hydrogens (tertiary/aromatic N) is 3. The number of carbonyl (C=O) groups is 1. The fourth-order valence-corrected chi connectivity index (χ4v) is 3.31. The number of aryl methyl sites for hydroxylation is 2. The van der Waals surface area contributed by atoms with Crippen molar-refractivity contribution in [1.82, 2.24) is 14.8 Å². The lowest BCUT2D eigenvalue weighted by molar-refractivity contribution is -0.113. The highest BCUT2D eigenvalue weighted by molar-refractivity contribution is 7.99. The van der Waals surface area contributed by atoms with E-state index in [1.807, 2.05) is 50.2 Å². The van der Waals surface area contributed by atoms with Crippen molar-refractivity contribution in [1.29, 1.82) is 0 Å². The minimum absolute atomic E-state index is 0.0856. The molecule has 1 amide bonds. The van der Waals surface area contributed by atoms with Gasteiger partial charge in [0.25, 0.3) is 0 Å². The number of hydrogen-bond donors (Lipinski definition) is 1. The lowest BCUT2D eigenvalue weighted by Crippen LogP contribution is -2.15. The average molecular weight is 373 g/mol. The Balaban J connectivity index is 1.66. The van der Waals surface area contributed by atoms with E-state index in [4.69, 9.17) is 11.6 Å². The second-order valence-corrected chi connectivity index (χ2v) is 7.00. The van der Waals surface area contributed by atoms with Crippen LogP contribution >= 0.6 is 23.4 Å². The Bertz CT molecular complexity index is 910. The summed E-state index contributed by atoms with van der Waals surface area (Å²) in [5.74, 6) is 0.157. The van der Waals surface area contributed by atoms with Crippen LogP contribution < -0.4 is 5.32 Å². The van der Waals surface area contributed by atoms with Gasteiger partial charge in [0.05, 0.1) is 11.4 Å². The van der Waals surface area contributed by atoms with Gasteiger partial charge >= 0.3 is 0 Å². The molecule has 0 fully saturated rings. The zero-order valence-corrected chi connectivity index (χ0v) is 15.4. The predicted molar refractivity (Wildman–Crippen MR) is 102 cm³/mol. The molecule has 0 aliphatic rings. The number of aromatic nitrogens is 3. The summed E-state index contributed by atoms with van der Waals surface area (Å²) >= 11 is 7.36. The van der Waals surface area contributed by atoms with Crippen LogP contribution in [0.15, 0.2) is 53.9 Å². The Morgan fingerprint density at radius 2 is 2.08 bits per heavy atom. The van der Waals surface area contributed by atoms with Gasteiger partial charge in [-0.2, -0.15) is 0 Å². The molecule has 1 heterocycles. The maximum Gasteiger partial charge on any atom is 0.234 e. The van der Waals surface area contributed by atoms with Crippen LogP contribution in [0.3, 0.4) is 0 Å². The minimum atomic E-state index is -0.0856. The normalized spacial score (nSPS) is 10.7. The van der Waals surface area contributed by atoms with Crippen LogP contribution in [-0.4, -0.2) is 26.4 Å². The second-order valence-electron chi connectivity index (χ2n) is 5.62. The number of hydrogen-bond acceptors (Lipinski definition) is 4. The van der Waals surface area contributed by atoms with E-state index in [2.05, 4.69) is 15.5 Å². The highest BCUT2D eigenvalue weighted by Gasteiger charge is 2.11. The Hall–Kier alpha value is -2.31. The Kier molecular flexibility index (Phi) is 5.40. The SMILES string of the molecule is Cc1ccc(NC(=O)CSc2nncn2-c2cccc(Cl)c2)c(C)c1. The smallest absolute Gasteiger partial charge is 0.234 e. The Morgan fingerprint density at radius 1 is 1.24 bits per heavy atom. The molecule has 0 radical (unpaired) electrons. The molecular weight excluding hydrogens is 356 g/mol. The van der Waals surface area contributed by atoms with Crippen molar-refractivity contribution in [2.45, 2.75) is 19.0 Å². The van der Waals surface area contributed by atoms with E-state index in [0.29, 0.717) is 10.2 Å². The molecule has 1 N–H and O–H groups in total. The van der Waals surface area contributed by atoms with Crippen LogP contribution in [0.25, 0.3) is 5.69 Å². The van der Waals surface area contributed by atoms with Crippen LogP contribution in [-0.2, 0) is 4.79 Å². The van der Waals surface area contributed by atoms with Crippen molar-refractivity contribution in [3.8, 4) is 5.69 Å². The van der Waals surface area contributed by atoms with Crippen LogP contribution in [0.2, 0.25) is 5.02 Å². The number of carbonyl (C=O) groups excluding carboxylic acids is 1. The highest BCUT2D eigenvalue weighted by atomic mass is 35.5. The molecule has 128 valence electrons. The molecule has 3 aromatic rings. The van der Waals surface area contributed by atoms with Gasteiger partial charge in [-0.05, 0) is 43.7 Å². The molecule has 5 nitrogen and oxygen atoms in total. The molecule has 0 saturated carbocycles. The molecule has 2 aromatic carbocycles. The van der Waals surface area contributed by atoms with Gasteiger partial charge in [-0.1, -0.05) is 47.1 Å². The van der Waals surface area contributed by atoms with Crippen LogP contribution in [0.4, 0.5) is 5.69 Å². The van der Waals surface area contributed by atoms with Crippen LogP contribution in [0.5, 0.6) is 0 Å². The summed E-state index contributed by atoms with van der Waals surface area (Å²) in [6.45, 7) is 4.00. The van der Waals surface area contributed by atoms with Gasteiger partial charge < -0.3 is 5.32 Å². The fraction of sp³-hybridized carbons (Fsp3) is 0.167. The van der Waals surface area contributed by atoms with E-state index in [1.165, 1.54) is 17.3 Å². The monoisotopic (exact) mass is 372 g/mol. The zero-order chi connectivity index (χ0) is 17.8. The predicted octanol–water partition coefficient (Wildman–Crippen LogP) is 4.27. The van der Waals surface area contributed by atoms with Gasteiger partial charge in [-0.15, -0.1) is 10.2 Å². The van der Waals surface area contributed by atoms with Gasteiger partial charge in [0, 0.05) is 10.7 Å². The first kappa shape index (κ1) is 17.5. The Morgan fingerprint density at radius 3 is 2.84 bits per heavy atom. The number of amides is 1. The Labute approximate surface area is 155 Å². The summed E-state index contributed by atoms with van der Waals surface area (Å²) in [4.78, 5) is 12.2. The first-order chi connectivity index (χ1) is 12.0. The first-order valence-electron chi connectivity index (χ1n) is 7.69. The number of rotatable bonds is 5. The largest absolute Gasteiger partial charge is 0.325 e. The molecule has 0 aliphatic heterocycles. The number of thioether (sulfide) groups is 1. The molecule has 1 aromatic heterocycles. The van der Waals surface area contributed by atoms with E-state index < -0.39 is 0 Å². The van der Waals surface area contributed by atoms with Crippen molar-refractivity contribution < 1.29 is 4.79 Å². The van der Waals surface area contributed by atoms with Gasteiger partial charge in [-0.25, -0.2) is 0 Å². The number of halogens is 1. The molecular formula is C18H17ClN4OS. The summed E-state index contributed by atoms with van der Waals surface area (Å²) in [7, 11) is 0. The minimum Gasteiger partial charge on any atom is -0.325 e. The quantitative estimate of drug-likeness (QED) is 0.679. The molecule has 0 atom stereocenters. The maximum atomic E-state index is 12.2. The third kappa shape index (κ3) is 4.41. The summed E-state index contributed by atoms with van der Waals surface area (Å²) in [5, 5.41) is 12.2. The molecule has 0 saturated heterocycles. The number of anilines is 1. The summed E-state index contributed by atoms with van der Waals surface area (Å²) in [5.41, 5.74) is 3.89. The number of benzene rings is 2. The zero-order valence-electron chi connectivity index (χ0n) is 13.9. The molecule has 7 heteroatoms. The van der Waals surface area contributed by atoms with E-state index in [0.717, 1.165) is 16.9 Å². The van der Waals surface area contributed by atoms with E-state index >= 15 is 0 Å². The third-order valence-corrected chi connectivity index (χ3v) is 4.77. The third-order valence-electron chi connectivity index (χ3n) is 3.59. The van der Waals surface area contributed by atoms with Crippen molar-refractivity contribution in [2.75, 3.05) is 11.1 Å². The molecule has 3 rings (SSSR count). The first-order valence-corrected chi connectivity index (χ1v) is 9.05. The lowest BCUT2D eigenvalue weighted by atomic mass is 10.1. The van der Waals surface area contributed by atoms with Crippen LogP contribution in [0, 0.1) is 13.8 Å². The van der Waals surface area contributed by atoms with Gasteiger partial charge in [-0.3, -0.25) is 9.36 Å². The summed E-state index contributed by atoms with van der Waals surface area (Å²) < 4.78 is 1.81. The van der Waals surface area contributed by atoms with E-state index in [9.17, 15) is 4.79 Å². The van der Waals surface area contributed by atoms with Gasteiger partial charge in [0.1, 0.15) is 6.33 Å². The van der Waals surface area contributed by atoms with E-state index in [1.54, 1.807) is 17.0 Å². The fourth-order valence-electron chi connectivity index (χ4n) is 2.40. The van der Waals surface area contributed by atoms with Gasteiger partial charge in [0.2, 0.25) is 5.91 Å². The molecule has 0 spiro atoms. The highest BCUT2D eigenvalue weighted by Crippen LogP contribution is 2.22. The van der Waals surface area contributed by atoms with Crippen molar-refractivity contribution in [3.05, 3.63) is 64.9 Å². The van der Waals surface area contributed by atoms with Crippen molar-refractivity contribution >= 4 is 35.0 Å². The van der Waals surface area contributed by atoms with E-state index in [-0.39, 0.29) is 11.7 Å². The topological polar surface area (TPSA) is 59.8 Å². The molecule has 0 unspecified atom stereocenters.